The summed E-state index contributed by atoms with van der Waals surface area (Å²) in [6, 6.07) is 11.1. The van der Waals surface area contributed by atoms with E-state index < -0.39 is 33.6 Å². The zero-order valence-corrected chi connectivity index (χ0v) is 15.0. The number of carbonyl (C=O) groups is 2. The van der Waals surface area contributed by atoms with E-state index in [1.54, 1.807) is 0 Å². The molecule has 0 aliphatic rings. The van der Waals surface area contributed by atoms with Crippen LogP contribution < -0.4 is 5.32 Å². The molecule has 8 heteroatoms. The van der Waals surface area contributed by atoms with Crippen LogP contribution in [0.25, 0.3) is 0 Å². The molecule has 0 spiro atoms. The lowest BCUT2D eigenvalue weighted by Gasteiger charge is -2.13. The molecule has 2 aromatic rings. The van der Waals surface area contributed by atoms with Crippen molar-refractivity contribution in [2.45, 2.75) is 18.8 Å². The maximum absolute atomic E-state index is 12.8. The molecule has 0 saturated heterocycles. The average molecular weight is 379 g/mol. The van der Waals surface area contributed by atoms with Gasteiger partial charge in [-0.3, -0.25) is 4.79 Å². The van der Waals surface area contributed by atoms with E-state index >= 15 is 0 Å². The fourth-order valence-corrected chi connectivity index (χ4v) is 2.90. The molecule has 0 aliphatic carbocycles. The smallest absolute Gasteiger partial charge is 0.338 e. The number of anilines is 1. The van der Waals surface area contributed by atoms with Gasteiger partial charge in [0.2, 0.25) is 0 Å². The van der Waals surface area contributed by atoms with Crippen LogP contribution in [-0.4, -0.2) is 32.7 Å². The molecule has 1 atom stereocenters. The molecule has 1 amide bonds. The molecule has 2 rings (SSSR count). The van der Waals surface area contributed by atoms with Crippen LogP contribution >= 0.6 is 0 Å². The van der Waals surface area contributed by atoms with E-state index in [1.165, 1.54) is 55.5 Å². The van der Waals surface area contributed by atoms with E-state index in [0.29, 0.717) is 11.3 Å². The Morgan fingerprint density at radius 2 is 1.65 bits per heavy atom. The third kappa shape index (κ3) is 5.96. The maximum atomic E-state index is 12.8. The lowest BCUT2D eigenvalue weighted by atomic mass is 10.1. The molecule has 0 heterocycles. The zero-order chi connectivity index (χ0) is 19.3. The minimum absolute atomic E-state index is 0.126. The predicted molar refractivity (Wildman–Crippen MR) is 94.9 cm³/mol. The first-order valence-electron chi connectivity index (χ1n) is 7.68. The number of benzene rings is 2. The van der Waals surface area contributed by atoms with Crippen LogP contribution in [0.15, 0.2) is 48.5 Å². The number of amides is 1. The van der Waals surface area contributed by atoms with Crippen molar-refractivity contribution in [2.75, 3.05) is 11.6 Å². The molecule has 26 heavy (non-hydrogen) atoms. The lowest BCUT2D eigenvalue weighted by molar-refractivity contribution is -0.123. The molecular formula is C18H18FNO5S. The van der Waals surface area contributed by atoms with Crippen LogP contribution in [-0.2, 0) is 25.1 Å². The van der Waals surface area contributed by atoms with Crippen LogP contribution in [0.2, 0.25) is 0 Å². The van der Waals surface area contributed by atoms with Crippen molar-refractivity contribution in [3.05, 3.63) is 65.5 Å². The standard InChI is InChI=1S/C18H18FNO5S/c1-12(17(21)20-16-9-7-15(19)8-10-16)25-18(22)14-5-3-13(4-6-14)11-26(2,23)24/h3-10,12H,11H2,1-2H3,(H,20,21)/t12-/m0/s1. The van der Waals surface area contributed by atoms with Gasteiger partial charge >= 0.3 is 5.97 Å². The summed E-state index contributed by atoms with van der Waals surface area (Å²) >= 11 is 0. The van der Waals surface area contributed by atoms with Crippen LogP contribution in [0.3, 0.4) is 0 Å². The van der Waals surface area contributed by atoms with Crippen molar-refractivity contribution >= 4 is 27.4 Å². The zero-order valence-electron chi connectivity index (χ0n) is 14.2. The Morgan fingerprint density at radius 1 is 1.08 bits per heavy atom. The maximum Gasteiger partial charge on any atom is 0.338 e. The third-order valence-electron chi connectivity index (χ3n) is 3.38. The van der Waals surface area contributed by atoms with Crippen molar-refractivity contribution in [1.82, 2.24) is 0 Å². The average Bonchev–Trinajstić information content (AvgIpc) is 2.56. The molecule has 0 aliphatic heterocycles. The van der Waals surface area contributed by atoms with E-state index in [-0.39, 0.29) is 11.3 Å². The number of carbonyl (C=O) groups excluding carboxylic acids is 2. The Bertz CT molecular complexity index is 892. The number of nitrogens with one attached hydrogen (secondary N) is 1. The summed E-state index contributed by atoms with van der Waals surface area (Å²) in [6.07, 6.45) is 0.0552. The molecule has 1 N–H and O–H groups in total. The highest BCUT2D eigenvalue weighted by molar-refractivity contribution is 7.89. The fourth-order valence-electron chi connectivity index (χ4n) is 2.10. The molecule has 6 nitrogen and oxygen atoms in total. The normalized spacial score (nSPS) is 12.3. The van der Waals surface area contributed by atoms with Crippen molar-refractivity contribution in [3.63, 3.8) is 0 Å². The van der Waals surface area contributed by atoms with E-state index in [1.807, 2.05) is 0 Å². The highest BCUT2D eigenvalue weighted by atomic mass is 32.2. The first kappa shape index (κ1) is 19.6. The summed E-state index contributed by atoms with van der Waals surface area (Å²) in [7, 11) is -3.17. The Labute approximate surface area is 150 Å². The number of hydrogen-bond donors (Lipinski definition) is 1. The van der Waals surface area contributed by atoms with Gasteiger partial charge in [-0.25, -0.2) is 17.6 Å². The number of hydrogen-bond acceptors (Lipinski definition) is 5. The summed E-state index contributed by atoms with van der Waals surface area (Å²) in [4.78, 5) is 24.1. The Balaban J connectivity index is 1.95. The van der Waals surface area contributed by atoms with Crippen LogP contribution in [0, 0.1) is 5.82 Å². The van der Waals surface area contributed by atoms with Gasteiger partial charge in [0, 0.05) is 11.9 Å². The second-order valence-electron chi connectivity index (χ2n) is 5.81. The first-order valence-corrected chi connectivity index (χ1v) is 9.74. The number of rotatable bonds is 6. The summed E-state index contributed by atoms with van der Waals surface area (Å²) < 4.78 is 40.4. The first-order chi connectivity index (χ1) is 12.1. The highest BCUT2D eigenvalue weighted by Gasteiger charge is 2.19. The number of esters is 1. The predicted octanol–water partition coefficient (Wildman–Crippen LogP) is 2.55. The second kappa shape index (κ2) is 8.09. The highest BCUT2D eigenvalue weighted by Crippen LogP contribution is 2.12. The minimum Gasteiger partial charge on any atom is -0.449 e. The van der Waals surface area contributed by atoms with Crippen LogP contribution in [0.4, 0.5) is 10.1 Å². The van der Waals surface area contributed by atoms with E-state index in [2.05, 4.69) is 5.32 Å². The van der Waals surface area contributed by atoms with Gasteiger partial charge in [-0.1, -0.05) is 12.1 Å². The van der Waals surface area contributed by atoms with Gasteiger partial charge in [0.25, 0.3) is 5.91 Å². The topological polar surface area (TPSA) is 89.5 Å². The Kier molecular flexibility index (Phi) is 6.10. The molecule has 0 unspecified atom stereocenters. The summed E-state index contributed by atoms with van der Waals surface area (Å²) in [6.45, 7) is 1.41. The number of ether oxygens (including phenoxy) is 1. The summed E-state index contributed by atoms with van der Waals surface area (Å²) in [5, 5.41) is 2.51. The molecule has 0 bridgehead atoms. The van der Waals surface area contributed by atoms with E-state index in [4.69, 9.17) is 4.74 Å². The second-order valence-corrected chi connectivity index (χ2v) is 7.95. The van der Waals surface area contributed by atoms with Crippen molar-refractivity contribution in [2.24, 2.45) is 0 Å². The van der Waals surface area contributed by atoms with Gasteiger partial charge in [-0.15, -0.1) is 0 Å². The molecule has 138 valence electrons. The van der Waals surface area contributed by atoms with Gasteiger partial charge in [-0.05, 0) is 48.9 Å². The van der Waals surface area contributed by atoms with Crippen LogP contribution in [0.5, 0.6) is 0 Å². The van der Waals surface area contributed by atoms with Gasteiger partial charge in [0.15, 0.2) is 15.9 Å². The molecule has 0 saturated carbocycles. The lowest BCUT2D eigenvalue weighted by Crippen LogP contribution is -2.30. The van der Waals surface area contributed by atoms with Gasteiger partial charge in [-0.2, -0.15) is 0 Å². The van der Waals surface area contributed by atoms with E-state index in [0.717, 1.165) is 6.26 Å². The van der Waals surface area contributed by atoms with Gasteiger partial charge in [0.05, 0.1) is 11.3 Å². The number of halogens is 1. The Hall–Kier alpha value is -2.74. The molecule has 0 aromatic heterocycles. The molecule has 0 fully saturated rings. The van der Waals surface area contributed by atoms with Gasteiger partial charge < -0.3 is 10.1 Å². The number of sulfone groups is 1. The van der Waals surface area contributed by atoms with Crippen LogP contribution in [0.1, 0.15) is 22.8 Å². The van der Waals surface area contributed by atoms with Crippen molar-refractivity contribution in [1.29, 1.82) is 0 Å². The quantitative estimate of drug-likeness (QED) is 0.779. The Morgan fingerprint density at radius 3 is 2.19 bits per heavy atom. The van der Waals surface area contributed by atoms with Crippen molar-refractivity contribution in [3.8, 4) is 0 Å². The van der Waals surface area contributed by atoms with Gasteiger partial charge in [0.1, 0.15) is 5.82 Å². The SMILES string of the molecule is C[C@H](OC(=O)c1ccc(CS(C)(=O)=O)cc1)C(=O)Nc1ccc(F)cc1. The third-order valence-corrected chi connectivity index (χ3v) is 4.24. The van der Waals surface area contributed by atoms with Crippen molar-refractivity contribution < 1.29 is 27.1 Å². The summed E-state index contributed by atoms with van der Waals surface area (Å²) in [5.41, 5.74) is 1.12. The largest absolute Gasteiger partial charge is 0.449 e. The van der Waals surface area contributed by atoms with E-state index in [9.17, 15) is 22.4 Å². The summed E-state index contributed by atoms with van der Waals surface area (Å²) in [5.74, 6) is -1.82. The minimum atomic E-state index is -3.17. The monoisotopic (exact) mass is 379 g/mol. The molecule has 2 aromatic carbocycles. The fraction of sp³-hybridized carbons (Fsp3) is 0.222. The molecular weight excluding hydrogens is 361 g/mol. The molecule has 0 radical (unpaired) electrons.